The maximum absolute atomic E-state index is 6.05. The van der Waals surface area contributed by atoms with Crippen molar-refractivity contribution >= 4 is 33.0 Å². The first-order valence-electron chi connectivity index (χ1n) is 6.17. The molecule has 0 aliphatic heterocycles. The summed E-state index contributed by atoms with van der Waals surface area (Å²) < 4.78 is 13.2. The highest BCUT2D eigenvalue weighted by atomic mass is 79.9. The second-order valence-electron chi connectivity index (χ2n) is 4.32. The Morgan fingerprint density at radius 2 is 1.90 bits per heavy atom. The number of nitrogens with zero attached hydrogens (tertiary/aromatic N) is 3. The van der Waals surface area contributed by atoms with Crippen molar-refractivity contribution in [2.45, 2.75) is 0 Å². The third-order valence-electron chi connectivity index (χ3n) is 3.10. The fourth-order valence-electron chi connectivity index (χ4n) is 2.15. The van der Waals surface area contributed by atoms with Crippen molar-refractivity contribution in [3.05, 3.63) is 34.8 Å². The lowest BCUT2D eigenvalue weighted by molar-refractivity contribution is 0.399. The minimum Gasteiger partial charge on any atom is -0.495 e. The van der Waals surface area contributed by atoms with Crippen molar-refractivity contribution in [1.82, 2.24) is 14.5 Å². The van der Waals surface area contributed by atoms with Crippen LogP contribution in [-0.4, -0.2) is 28.8 Å². The Hall–Kier alpha value is -2.28. The van der Waals surface area contributed by atoms with Gasteiger partial charge >= 0.3 is 0 Å². The van der Waals surface area contributed by atoms with E-state index in [-0.39, 0.29) is 0 Å². The van der Waals surface area contributed by atoms with Crippen LogP contribution in [0.5, 0.6) is 11.6 Å². The number of imidazole rings is 1. The Balaban J connectivity index is 2.33. The molecule has 3 rings (SSSR count). The minimum atomic E-state index is 0.335. The molecule has 21 heavy (non-hydrogen) atoms. The average Bonchev–Trinajstić information content (AvgIpc) is 2.81. The first-order valence-corrected chi connectivity index (χ1v) is 6.96. The summed E-state index contributed by atoms with van der Waals surface area (Å²) in [5.41, 5.74) is 8.11. The molecule has 6 nitrogen and oxygen atoms in total. The zero-order chi connectivity index (χ0) is 15.0. The van der Waals surface area contributed by atoms with Gasteiger partial charge in [0.1, 0.15) is 11.3 Å². The molecule has 0 fully saturated rings. The lowest BCUT2D eigenvalue weighted by Crippen LogP contribution is -2.04. The molecule has 1 aromatic carbocycles. The molecule has 3 aromatic rings. The standard InChI is InChI=1S/C14H13BrN4O2/c1-20-11-5-3-8(15)7-10(11)19-13-9(17-14(19)16)4-6-12(18-13)21-2/h3-7H,1-2H3,(H2,16,17). The molecule has 0 spiro atoms. The molecule has 0 saturated carbocycles. The summed E-state index contributed by atoms with van der Waals surface area (Å²) in [6.07, 6.45) is 0. The Morgan fingerprint density at radius 1 is 1.10 bits per heavy atom. The summed E-state index contributed by atoms with van der Waals surface area (Å²) in [4.78, 5) is 8.75. The smallest absolute Gasteiger partial charge is 0.215 e. The topological polar surface area (TPSA) is 75.2 Å². The quantitative estimate of drug-likeness (QED) is 0.787. The van der Waals surface area contributed by atoms with Crippen molar-refractivity contribution in [2.24, 2.45) is 0 Å². The minimum absolute atomic E-state index is 0.335. The molecule has 0 saturated heterocycles. The second kappa shape index (κ2) is 5.25. The van der Waals surface area contributed by atoms with E-state index in [9.17, 15) is 0 Å². The number of halogens is 1. The van der Waals surface area contributed by atoms with Crippen LogP contribution in [0.4, 0.5) is 5.95 Å². The van der Waals surface area contributed by atoms with Crippen molar-refractivity contribution in [2.75, 3.05) is 20.0 Å². The van der Waals surface area contributed by atoms with Crippen LogP contribution in [0.2, 0.25) is 0 Å². The van der Waals surface area contributed by atoms with Gasteiger partial charge < -0.3 is 15.2 Å². The van der Waals surface area contributed by atoms with E-state index in [1.165, 1.54) is 0 Å². The Morgan fingerprint density at radius 3 is 2.62 bits per heavy atom. The number of nitrogen functional groups attached to an aromatic ring is 1. The summed E-state index contributed by atoms with van der Waals surface area (Å²) in [7, 11) is 3.17. The number of methoxy groups -OCH3 is 2. The van der Waals surface area contributed by atoms with E-state index < -0.39 is 0 Å². The number of aromatic nitrogens is 3. The van der Waals surface area contributed by atoms with E-state index in [2.05, 4.69) is 25.9 Å². The third kappa shape index (κ3) is 2.29. The highest BCUT2D eigenvalue weighted by Gasteiger charge is 2.16. The van der Waals surface area contributed by atoms with Gasteiger partial charge in [0.05, 0.1) is 19.9 Å². The number of ether oxygens (including phenoxy) is 2. The van der Waals surface area contributed by atoms with Gasteiger partial charge in [0.2, 0.25) is 11.8 Å². The van der Waals surface area contributed by atoms with Crippen LogP contribution in [0.15, 0.2) is 34.8 Å². The van der Waals surface area contributed by atoms with Gasteiger partial charge in [-0.25, -0.2) is 4.98 Å². The van der Waals surface area contributed by atoms with Gasteiger partial charge in [-0.3, -0.25) is 4.57 Å². The second-order valence-corrected chi connectivity index (χ2v) is 5.23. The Kier molecular flexibility index (Phi) is 3.42. The monoisotopic (exact) mass is 348 g/mol. The maximum atomic E-state index is 6.05. The molecule has 0 radical (unpaired) electrons. The van der Waals surface area contributed by atoms with Crippen LogP contribution in [0.3, 0.4) is 0 Å². The SMILES string of the molecule is COc1ccc2nc(N)n(-c3cc(Br)ccc3OC)c2n1. The van der Waals surface area contributed by atoms with Gasteiger partial charge in [-0.15, -0.1) is 0 Å². The molecule has 7 heteroatoms. The molecular formula is C14H13BrN4O2. The highest BCUT2D eigenvalue weighted by Crippen LogP contribution is 2.31. The van der Waals surface area contributed by atoms with Gasteiger partial charge in [-0.2, -0.15) is 4.98 Å². The van der Waals surface area contributed by atoms with E-state index in [0.717, 1.165) is 10.2 Å². The lowest BCUT2D eigenvalue weighted by Gasteiger charge is -2.11. The molecule has 0 unspecified atom stereocenters. The fourth-order valence-corrected chi connectivity index (χ4v) is 2.50. The van der Waals surface area contributed by atoms with E-state index in [1.54, 1.807) is 24.9 Å². The summed E-state index contributed by atoms with van der Waals surface area (Å²) in [6.45, 7) is 0. The summed E-state index contributed by atoms with van der Waals surface area (Å²) in [5, 5.41) is 0. The van der Waals surface area contributed by atoms with Crippen LogP contribution in [0.1, 0.15) is 0 Å². The summed E-state index contributed by atoms with van der Waals surface area (Å²) in [5.74, 6) is 1.51. The molecule has 2 aromatic heterocycles. The zero-order valence-corrected chi connectivity index (χ0v) is 13.1. The highest BCUT2D eigenvalue weighted by molar-refractivity contribution is 9.10. The van der Waals surface area contributed by atoms with Gasteiger partial charge in [0.25, 0.3) is 0 Å². The first kappa shape index (κ1) is 13.7. The van der Waals surface area contributed by atoms with Gasteiger partial charge in [-0.1, -0.05) is 15.9 Å². The molecule has 0 aliphatic rings. The lowest BCUT2D eigenvalue weighted by atomic mass is 10.3. The maximum Gasteiger partial charge on any atom is 0.215 e. The van der Waals surface area contributed by atoms with Crippen LogP contribution in [-0.2, 0) is 0 Å². The summed E-state index contributed by atoms with van der Waals surface area (Å²) in [6, 6.07) is 9.21. The molecule has 0 bridgehead atoms. The molecule has 0 aliphatic carbocycles. The molecule has 108 valence electrons. The number of pyridine rings is 1. The number of nitrogens with two attached hydrogens (primary N) is 1. The fraction of sp³-hybridized carbons (Fsp3) is 0.143. The Bertz CT molecular complexity index is 816. The van der Waals surface area contributed by atoms with Crippen LogP contribution in [0, 0.1) is 0 Å². The van der Waals surface area contributed by atoms with E-state index in [4.69, 9.17) is 15.2 Å². The van der Waals surface area contributed by atoms with E-state index >= 15 is 0 Å². The summed E-state index contributed by atoms with van der Waals surface area (Å²) >= 11 is 3.45. The third-order valence-corrected chi connectivity index (χ3v) is 3.59. The predicted octanol–water partition coefficient (Wildman–Crippen LogP) is 2.78. The zero-order valence-electron chi connectivity index (χ0n) is 11.5. The number of rotatable bonds is 3. The van der Waals surface area contributed by atoms with Crippen molar-refractivity contribution < 1.29 is 9.47 Å². The number of hydrogen-bond donors (Lipinski definition) is 1. The number of benzene rings is 1. The first-order chi connectivity index (χ1) is 10.1. The van der Waals surface area contributed by atoms with Gasteiger partial charge in [0, 0.05) is 10.5 Å². The average molecular weight is 349 g/mol. The number of hydrogen-bond acceptors (Lipinski definition) is 5. The van der Waals surface area contributed by atoms with Gasteiger partial charge in [-0.05, 0) is 24.3 Å². The number of fused-ring (bicyclic) bond motifs is 1. The van der Waals surface area contributed by atoms with Gasteiger partial charge in [0.15, 0.2) is 5.65 Å². The van der Waals surface area contributed by atoms with Crippen molar-refractivity contribution in [3.8, 4) is 17.3 Å². The molecular weight excluding hydrogens is 336 g/mol. The van der Waals surface area contributed by atoms with Crippen LogP contribution < -0.4 is 15.2 Å². The normalized spacial score (nSPS) is 10.8. The van der Waals surface area contributed by atoms with E-state index in [0.29, 0.717) is 28.7 Å². The largest absolute Gasteiger partial charge is 0.495 e. The molecule has 0 atom stereocenters. The predicted molar refractivity (Wildman–Crippen MR) is 84.1 cm³/mol. The molecule has 0 amide bonds. The Labute approximate surface area is 129 Å². The molecule has 2 N–H and O–H groups in total. The van der Waals surface area contributed by atoms with Crippen LogP contribution in [0.25, 0.3) is 16.9 Å². The number of anilines is 1. The van der Waals surface area contributed by atoms with Crippen LogP contribution >= 0.6 is 15.9 Å². The van der Waals surface area contributed by atoms with Crippen molar-refractivity contribution in [3.63, 3.8) is 0 Å². The van der Waals surface area contributed by atoms with Crippen molar-refractivity contribution in [1.29, 1.82) is 0 Å². The molecule has 2 heterocycles. The van der Waals surface area contributed by atoms with E-state index in [1.807, 2.05) is 24.3 Å².